The first-order valence-corrected chi connectivity index (χ1v) is 2.10. The van der Waals surface area contributed by atoms with Gasteiger partial charge in [0.05, 0.1) is 5.70 Å². The van der Waals surface area contributed by atoms with E-state index in [2.05, 4.69) is 6.58 Å². The SMILES string of the molecule is C=C(NNC=O)C(F)F. The molecule has 0 aliphatic rings. The van der Waals surface area contributed by atoms with E-state index in [0.717, 1.165) is 0 Å². The maximum atomic E-state index is 11.4. The lowest BCUT2D eigenvalue weighted by molar-refractivity contribution is -0.110. The first-order valence-electron chi connectivity index (χ1n) is 2.10. The number of nitrogens with one attached hydrogen (secondary N) is 2. The third kappa shape index (κ3) is 3.45. The van der Waals surface area contributed by atoms with Gasteiger partial charge in [-0.2, -0.15) is 0 Å². The molecule has 0 bridgehead atoms. The number of hydrogen-bond donors (Lipinski definition) is 2. The minimum absolute atomic E-state index is 0.244. The maximum absolute atomic E-state index is 11.4. The van der Waals surface area contributed by atoms with Crippen LogP contribution in [0.1, 0.15) is 0 Å². The summed E-state index contributed by atoms with van der Waals surface area (Å²) in [5.74, 6) is 0. The van der Waals surface area contributed by atoms with E-state index in [1.165, 1.54) is 0 Å². The van der Waals surface area contributed by atoms with Crippen LogP contribution < -0.4 is 10.9 Å². The van der Waals surface area contributed by atoms with Crippen molar-refractivity contribution in [1.29, 1.82) is 0 Å². The molecule has 0 aromatic carbocycles. The van der Waals surface area contributed by atoms with Crippen molar-refractivity contribution in [3.63, 3.8) is 0 Å². The van der Waals surface area contributed by atoms with Crippen LogP contribution in [0.3, 0.4) is 0 Å². The zero-order valence-electron chi connectivity index (χ0n) is 4.53. The monoisotopic (exact) mass is 136 g/mol. The van der Waals surface area contributed by atoms with Crippen LogP contribution >= 0.6 is 0 Å². The van der Waals surface area contributed by atoms with Gasteiger partial charge in [-0.05, 0) is 0 Å². The van der Waals surface area contributed by atoms with E-state index in [1.54, 1.807) is 0 Å². The number of hydrogen-bond acceptors (Lipinski definition) is 2. The van der Waals surface area contributed by atoms with Crippen molar-refractivity contribution in [1.82, 2.24) is 10.9 Å². The van der Waals surface area contributed by atoms with E-state index in [9.17, 15) is 13.6 Å². The minimum Gasteiger partial charge on any atom is -0.298 e. The Kier molecular flexibility index (Phi) is 3.34. The van der Waals surface area contributed by atoms with Crippen LogP contribution in [0.2, 0.25) is 0 Å². The summed E-state index contributed by atoms with van der Waals surface area (Å²) in [4.78, 5) is 9.47. The zero-order valence-corrected chi connectivity index (χ0v) is 4.53. The molecule has 0 radical (unpaired) electrons. The number of allylic oxidation sites excluding steroid dienone is 1. The maximum Gasteiger partial charge on any atom is 0.279 e. The molecule has 0 saturated carbocycles. The molecular formula is C4H6F2N2O. The van der Waals surface area contributed by atoms with Gasteiger partial charge in [-0.1, -0.05) is 6.58 Å². The fraction of sp³-hybridized carbons (Fsp3) is 0.250. The van der Waals surface area contributed by atoms with Crippen LogP contribution in [0, 0.1) is 0 Å². The van der Waals surface area contributed by atoms with E-state index in [4.69, 9.17) is 0 Å². The number of alkyl halides is 2. The van der Waals surface area contributed by atoms with Crippen LogP contribution in [0.15, 0.2) is 12.3 Å². The molecule has 0 aliphatic carbocycles. The summed E-state index contributed by atoms with van der Waals surface area (Å²) < 4.78 is 22.9. The van der Waals surface area contributed by atoms with Gasteiger partial charge < -0.3 is 0 Å². The molecular weight excluding hydrogens is 130 g/mol. The Morgan fingerprint density at radius 2 is 2.22 bits per heavy atom. The Hall–Kier alpha value is -1.13. The lowest BCUT2D eigenvalue weighted by Gasteiger charge is -2.04. The second-order valence-corrected chi connectivity index (χ2v) is 1.21. The van der Waals surface area contributed by atoms with Crippen LogP contribution in [0.4, 0.5) is 8.78 Å². The molecule has 3 nitrogen and oxygen atoms in total. The number of hydrazine groups is 1. The molecule has 5 heteroatoms. The van der Waals surface area contributed by atoms with Gasteiger partial charge in [0.25, 0.3) is 6.43 Å². The highest BCUT2D eigenvalue weighted by molar-refractivity contribution is 5.45. The molecule has 0 rings (SSSR count). The highest BCUT2D eigenvalue weighted by atomic mass is 19.3. The Bertz CT molecular complexity index is 115. The van der Waals surface area contributed by atoms with Crippen molar-refractivity contribution >= 4 is 6.41 Å². The zero-order chi connectivity index (χ0) is 7.28. The Balaban J connectivity index is 3.38. The summed E-state index contributed by atoms with van der Waals surface area (Å²) in [5, 5.41) is 0. The second-order valence-electron chi connectivity index (χ2n) is 1.21. The Morgan fingerprint density at radius 1 is 1.67 bits per heavy atom. The van der Waals surface area contributed by atoms with Crippen molar-refractivity contribution in [3.05, 3.63) is 12.3 Å². The molecule has 0 aromatic heterocycles. The fourth-order valence-corrected chi connectivity index (χ4v) is 0.177. The van der Waals surface area contributed by atoms with Gasteiger partial charge in [0.2, 0.25) is 6.41 Å². The molecule has 0 saturated heterocycles. The number of halogens is 2. The molecule has 1 amide bonds. The van der Waals surface area contributed by atoms with E-state index in [1.807, 2.05) is 10.9 Å². The van der Waals surface area contributed by atoms with Crippen molar-refractivity contribution in [2.75, 3.05) is 0 Å². The van der Waals surface area contributed by atoms with Gasteiger partial charge in [-0.25, -0.2) is 8.78 Å². The van der Waals surface area contributed by atoms with E-state index >= 15 is 0 Å². The molecule has 52 valence electrons. The fourth-order valence-electron chi connectivity index (χ4n) is 0.177. The van der Waals surface area contributed by atoms with Crippen LogP contribution in [-0.2, 0) is 4.79 Å². The first kappa shape index (κ1) is 7.87. The molecule has 0 aromatic rings. The van der Waals surface area contributed by atoms with Crippen molar-refractivity contribution in [2.24, 2.45) is 0 Å². The molecule has 9 heavy (non-hydrogen) atoms. The molecule has 0 heterocycles. The Labute approximate surface area is 50.7 Å². The van der Waals surface area contributed by atoms with E-state index in [-0.39, 0.29) is 6.41 Å². The minimum atomic E-state index is -2.66. The second kappa shape index (κ2) is 3.82. The first-order chi connectivity index (χ1) is 4.18. The van der Waals surface area contributed by atoms with Gasteiger partial charge >= 0.3 is 0 Å². The van der Waals surface area contributed by atoms with Gasteiger partial charge in [0.1, 0.15) is 0 Å². The molecule has 2 N–H and O–H groups in total. The third-order valence-electron chi connectivity index (χ3n) is 0.555. The van der Waals surface area contributed by atoms with Crippen molar-refractivity contribution in [2.45, 2.75) is 6.43 Å². The number of carbonyl (C=O) groups is 1. The molecule has 0 fully saturated rings. The average Bonchev–Trinajstić information content (AvgIpc) is 1.82. The summed E-state index contributed by atoms with van der Waals surface area (Å²) in [7, 11) is 0. The summed E-state index contributed by atoms with van der Waals surface area (Å²) in [6, 6.07) is 0. The highest BCUT2D eigenvalue weighted by Gasteiger charge is 2.05. The normalized spacial score (nSPS) is 8.78. The lowest BCUT2D eigenvalue weighted by Crippen LogP contribution is -2.31. The molecule has 0 aliphatic heterocycles. The smallest absolute Gasteiger partial charge is 0.279 e. The summed E-state index contributed by atoms with van der Waals surface area (Å²) in [6.07, 6.45) is -2.41. The number of amides is 1. The molecule has 0 spiro atoms. The van der Waals surface area contributed by atoms with Crippen molar-refractivity contribution in [3.8, 4) is 0 Å². The van der Waals surface area contributed by atoms with E-state index in [0.29, 0.717) is 0 Å². The molecule has 0 unspecified atom stereocenters. The van der Waals surface area contributed by atoms with Gasteiger partial charge in [0, 0.05) is 0 Å². The third-order valence-corrected chi connectivity index (χ3v) is 0.555. The van der Waals surface area contributed by atoms with Gasteiger partial charge in [0.15, 0.2) is 0 Å². The molecule has 0 atom stereocenters. The van der Waals surface area contributed by atoms with Crippen LogP contribution in [-0.4, -0.2) is 12.8 Å². The average molecular weight is 136 g/mol. The largest absolute Gasteiger partial charge is 0.298 e. The predicted molar refractivity (Wildman–Crippen MR) is 27.5 cm³/mol. The summed E-state index contributed by atoms with van der Waals surface area (Å²) >= 11 is 0. The number of carbonyl (C=O) groups excluding carboxylic acids is 1. The standard InChI is InChI=1S/C4H6F2N2O/c1-3(4(5)6)8-7-2-9/h2,4,8H,1H2,(H,7,9). The summed E-state index contributed by atoms with van der Waals surface area (Å²) in [5.41, 5.74) is 3.16. The van der Waals surface area contributed by atoms with E-state index < -0.39 is 12.1 Å². The van der Waals surface area contributed by atoms with Crippen LogP contribution in [0.5, 0.6) is 0 Å². The number of rotatable bonds is 4. The highest BCUT2D eigenvalue weighted by Crippen LogP contribution is 1.98. The Morgan fingerprint density at radius 3 is 2.56 bits per heavy atom. The van der Waals surface area contributed by atoms with Crippen molar-refractivity contribution < 1.29 is 13.6 Å². The van der Waals surface area contributed by atoms with Gasteiger partial charge in [-0.15, -0.1) is 0 Å². The lowest BCUT2D eigenvalue weighted by atomic mass is 10.5. The topological polar surface area (TPSA) is 41.1 Å². The quantitative estimate of drug-likeness (QED) is 0.422. The van der Waals surface area contributed by atoms with Gasteiger partial charge in [-0.3, -0.25) is 15.6 Å². The predicted octanol–water partition coefficient (Wildman–Crippen LogP) is 0.0158. The summed E-state index contributed by atoms with van der Waals surface area (Å²) in [6.45, 7) is 2.91. The van der Waals surface area contributed by atoms with Crippen LogP contribution in [0.25, 0.3) is 0 Å².